The second-order valence-electron chi connectivity index (χ2n) is 6.59. The fraction of sp³-hybridized carbons (Fsp3) is 0.800. The summed E-state index contributed by atoms with van der Waals surface area (Å²) in [5, 5.41) is 10.7. The largest absolute Gasteiger partial charge is 0.376 e. The maximum absolute atomic E-state index is 12.3. The summed E-state index contributed by atoms with van der Waals surface area (Å²) in [6.07, 6.45) is 4.08. The number of aryl methyl sites for hydroxylation is 1. The van der Waals surface area contributed by atoms with Gasteiger partial charge in [0.1, 0.15) is 11.4 Å². The lowest BCUT2D eigenvalue weighted by Crippen LogP contribution is -2.70. The van der Waals surface area contributed by atoms with Crippen LogP contribution in [0.1, 0.15) is 30.7 Å². The first-order valence-electron chi connectivity index (χ1n) is 8.17. The molecule has 120 valence electrons. The number of aromatic nitrogens is 2. The predicted octanol–water partition coefficient (Wildman–Crippen LogP) is 0.288. The molecule has 1 aromatic rings. The van der Waals surface area contributed by atoms with Crippen molar-refractivity contribution in [3.05, 3.63) is 11.4 Å². The molecule has 4 rings (SSSR count). The molecule has 3 aliphatic rings. The van der Waals surface area contributed by atoms with Crippen LogP contribution in [0.4, 0.5) is 0 Å². The van der Waals surface area contributed by atoms with Gasteiger partial charge in [-0.15, -0.1) is 0 Å². The second-order valence-corrected chi connectivity index (χ2v) is 6.59. The van der Waals surface area contributed by atoms with E-state index in [0.717, 1.165) is 26.1 Å². The molecular weight excluding hydrogens is 284 g/mol. The van der Waals surface area contributed by atoms with Gasteiger partial charge in [-0.25, -0.2) is 4.63 Å². The first-order chi connectivity index (χ1) is 10.7. The Balaban J connectivity index is 1.41. The van der Waals surface area contributed by atoms with Gasteiger partial charge in [-0.2, -0.15) is 0 Å². The molecule has 0 aromatic carbocycles. The number of amides is 1. The number of rotatable bonds is 4. The summed E-state index contributed by atoms with van der Waals surface area (Å²) >= 11 is 0. The van der Waals surface area contributed by atoms with Crippen LogP contribution in [0.2, 0.25) is 0 Å². The predicted molar refractivity (Wildman–Crippen MR) is 77.1 cm³/mol. The van der Waals surface area contributed by atoms with Gasteiger partial charge in [-0.1, -0.05) is 10.3 Å². The average molecular weight is 306 g/mol. The molecule has 1 aromatic heterocycles. The minimum Gasteiger partial charge on any atom is -0.376 e. The van der Waals surface area contributed by atoms with E-state index >= 15 is 0 Å². The third-order valence-electron chi connectivity index (χ3n) is 5.31. The molecule has 0 bridgehead atoms. The summed E-state index contributed by atoms with van der Waals surface area (Å²) in [7, 11) is 0. The summed E-state index contributed by atoms with van der Waals surface area (Å²) in [5.74, 6) is 0.462. The fourth-order valence-corrected chi connectivity index (χ4v) is 4.14. The molecule has 0 spiro atoms. The lowest BCUT2D eigenvalue weighted by Gasteiger charge is -2.51. The Morgan fingerprint density at radius 1 is 1.36 bits per heavy atom. The van der Waals surface area contributed by atoms with E-state index in [4.69, 9.17) is 4.74 Å². The topological polar surface area (TPSA) is 80.5 Å². The van der Waals surface area contributed by atoms with Gasteiger partial charge in [-0.3, -0.25) is 9.69 Å². The number of fused-ring (bicyclic) bond motifs is 1. The third-order valence-corrected chi connectivity index (χ3v) is 5.31. The highest BCUT2D eigenvalue weighted by Crippen LogP contribution is 2.42. The maximum atomic E-state index is 12.3. The van der Waals surface area contributed by atoms with E-state index < -0.39 is 0 Å². The molecule has 1 aliphatic carbocycles. The zero-order valence-corrected chi connectivity index (χ0v) is 12.8. The summed E-state index contributed by atoms with van der Waals surface area (Å²) < 4.78 is 10.5. The summed E-state index contributed by atoms with van der Waals surface area (Å²) in [6.45, 7) is 4.86. The molecule has 7 heteroatoms. The number of hydrogen-bond donors (Lipinski definition) is 1. The Labute approximate surface area is 129 Å². The molecule has 2 aliphatic heterocycles. The summed E-state index contributed by atoms with van der Waals surface area (Å²) in [6, 6.07) is 0.550. The minimum absolute atomic E-state index is 0.00153. The third kappa shape index (κ3) is 2.32. The molecule has 1 amide bonds. The molecule has 2 saturated heterocycles. The molecule has 0 unspecified atom stereocenters. The van der Waals surface area contributed by atoms with E-state index in [1.165, 1.54) is 12.8 Å². The molecule has 0 radical (unpaired) electrons. The number of ether oxygens (including phenoxy) is 1. The Bertz CT molecular complexity index is 550. The standard InChI is InChI=1S/C15H22N4O3/c1-9-11(18-22-17-9)8-12(20)16-13-10-4-7-21-15(10)14(13)19-5-2-3-6-19/h10,13-15H,2-8H2,1H3,(H,16,20)/t10-,13+,14-,15-/m1/s1. The minimum atomic E-state index is -0.00153. The van der Waals surface area contributed by atoms with Crippen molar-refractivity contribution in [3.63, 3.8) is 0 Å². The highest BCUT2D eigenvalue weighted by atomic mass is 16.6. The van der Waals surface area contributed by atoms with Gasteiger partial charge < -0.3 is 10.1 Å². The van der Waals surface area contributed by atoms with Crippen molar-refractivity contribution >= 4 is 5.91 Å². The highest BCUT2D eigenvalue weighted by Gasteiger charge is 2.56. The Hall–Kier alpha value is -1.47. The summed E-state index contributed by atoms with van der Waals surface area (Å²) in [4.78, 5) is 14.8. The van der Waals surface area contributed by atoms with Crippen molar-refractivity contribution in [2.75, 3.05) is 19.7 Å². The number of likely N-dealkylation sites (tertiary alicyclic amines) is 1. The van der Waals surface area contributed by atoms with Crippen molar-refractivity contribution < 1.29 is 14.2 Å². The second kappa shape index (κ2) is 5.62. The Kier molecular flexibility index (Phi) is 3.62. The van der Waals surface area contributed by atoms with Crippen LogP contribution in [0.5, 0.6) is 0 Å². The van der Waals surface area contributed by atoms with Crippen LogP contribution in [0.3, 0.4) is 0 Å². The Morgan fingerprint density at radius 2 is 2.18 bits per heavy atom. The number of nitrogens with one attached hydrogen (secondary N) is 1. The van der Waals surface area contributed by atoms with Gasteiger partial charge in [0.15, 0.2) is 0 Å². The Morgan fingerprint density at radius 3 is 2.91 bits per heavy atom. The van der Waals surface area contributed by atoms with Crippen LogP contribution in [-0.4, -0.2) is 59.0 Å². The lowest BCUT2D eigenvalue weighted by molar-refractivity contribution is -0.128. The smallest absolute Gasteiger partial charge is 0.226 e. The van der Waals surface area contributed by atoms with Crippen molar-refractivity contribution in [1.29, 1.82) is 0 Å². The van der Waals surface area contributed by atoms with Gasteiger partial charge in [0.25, 0.3) is 0 Å². The average Bonchev–Trinajstić information content (AvgIpc) is 3.21. The number of hydrogen-bond acceptors (Lipinski definition) is 6. The van der Waals surface area contributed by atoms with Gasteiger partial charge in [0, 0.05) is 12.5 Å². The van der Waals surface area contributed by atoms with Crippen molar-refractivity contribution in [2.24, 2.45) is 5.92 Å². The first-order valence-corrected chi connectivity index (χ1v) is 8.17. The highest BCUT2D eigenvalue weighted by molar-refractivity contribution is 5.79. The van der Waals surface area contributed by atoms with E-state index in [0.29, 0.717) is 29.5 Å². The van der Waals surface area contributed by atoms with Gasteiger partial charge in [-0.05, 0) is 39.3 Å². The zero-order valence-electron chi connectivity index (χ0n) is 12.8. The van der Waals surface area contributed by atoms with Gasteiger partial charge in [0.05, 0.1) is 24.6 Å². The quantitative estimate of drug-likeness (QED) is 0.861. The van der Waals surface area contributed by atoms with Gasteiger partial charge in [0.2, 0.25) is 5.91 Å². The van der Waals surface area contributed by atoms with E-state index in [-0.39, 0.29) is 18.4 Å². The van der Waals surface area contributed by atoms with Crippen LogP contribution in [0, 0.1) is 12.8 Å². The fourth-order valence-electron chi connectivity index (χ4n) is 4.14. The van der Waals surface area contributed by atoms with E-state index in [9.17, 15) is 4.79 Å². The van der Waals surface area contributed by atoms with Crippen LogP contribution in [0.25, 0.3) is 0 Å². The monoisotopic (exact) mass is 306 g/mol. The SMILES string of the molecule is Cc1nonc1CC(=O)N[C@H]1[C@H]2CCO[C@H]2[C@@H]1N1CCCC1. The molecule has 3 fully saturated rings. The van der Waals surface area contributed by atoms with Crippen LogP contribution in [-0.2, 0) is 16.0 Å². The lowest BCUT2D eigenvalue weighted by atomic mass is 9.70. The van der Waals surface area contributed by atoms with Crippen LogP contribution in [0.15, 0.2) is 4.63 Å². The van der Waals surface area contributed by atoms with Crippen LogP contribution >= 0.6 is 0 Å². The van der Waals surface area contributed by atoms with Crippen LogP contribution < -0.4 is 5.32 Å². The van der Waals surface area contributed by atoms with Crippen molar-refractivity contribution in [2.45, 2.75) is 50.8 Å². The molecule has 22 heavy (non-hydrogen) atoms. The normalized spacial score (nSPS) is 34.4. The molecular formula is C15H22N4O3. The first kappa shape index (κ1) is 14.1. The number of carbonyl (C=O) groups is 1. The van der Waals surface area contributed by atoms with Gasteiger partial charge >= 0.3 is 0 Å². The van der Waals surface area contributed by atoms with E-state index in [1.54, 1.807) is 6.92 Å². The van der Waals surface area contributed by atoms with Crippen molar-refractivity contribution in [3.8, 4) is 0 Å². The molecule has 1 N–H and O–H groups in total. The molecule has 1 saturated carbocycles. The number of nitrogens with zero attached hydrogens (tertiary/aromatic N) is 3. The molecule has 4 atom stereocenters. The molecule has 7 nitrogen and oxygen atoms in total. The van der Waals surface area contributed by atoms with E-state index in [1.807, 2.05) is 0 Å². The maximum Gasteiger partial charge on any atom is 0.226 e. The number of carbonyl (C=O) groups excluding carboxylic acids is 1. The molecule has 3 heterocycles. The summed E-state index contributed by atoms with van der Waals surface area (Å²) in [5.41, 5.74) is 1.30. The van der Waals surface area contributed by atoms with E-state index in [2.05, 4.69) is 25.2 Å². The van der Waals surface area contributed by atoms with Crippen molar-refractivity contribution in [1.82, 2.24) is 20.5 Å². The zero-order chi connectivity index (χ0) is 15.1.